The molecule has 0 aliphatic rings. The summed E-state index contributed by atoms with van der Waals surface area (Å²) in [6, 6.07) is 9.69. The van der Waals surface area contributed by atoms with Crippen LogP contribution in [0.1, 0.15) is 52.6 Å². The number of hydrogen-bond acceptors (Lipinski definition) is 7. The Hall–Kier alpha value is -1.58. The molecular formula is C22H37NO6Si. The van der Waals surface area contributed by atoms with Crippen LogP contribution < -0.4 is 5.32 Å². The Morgan fingerprint density at radius 2 is 1.50 bits per heavy atom. The summed E-state index contributed by atoms with van der Waals surface area (Å²) < 4.78 is 22.9. The van der Waals surface area contributed by atoms with Gasteiger partial charge in [-0.2, -0.15) is 0 Å². The number of carbonyl (C=O) groups excluding carboxylic acids is 2. The number of ketones is 1. The lowest BCUT2D eigenvalue weighted by molar-refractivity contribution is -0.152. The Kier molecular flexibility index (Phi) is 12.7. The molecule has 0 aliphatic carbocycles. The van der Waals surface area contributed by atoms with Crippen molar-refractivity contribution in [1.29, 1.82) is 0 Å². The van der Waals surface area contributed by atoms with Crippen LogP contribution in [0.2, 0.25) is 6.04 Å². The van der Waals surface area contributed by atoms with Crippen LogP contribution in [0.25, 0.3) is 0 Å². The smallest absolute Gasteiger partial charge is 0.465 e. The molecule has 0 spiro atoms. The van der Waals surface area contributed by atoms with Crippen molar-refractivity contribution in [3.05, 3.63) is 35.9 Å². The summed E-state index contributed by atoms with van der Waals surface area (Å²) in [5.41, 5.74) is 0.869. The fraction of sp³-hybridized carbons (Fsp3) is 0.636. The molecule has 30 heavy (non-hydrogen) atoms. The number of Topliss-reactive ketones (excluding diaryl/α,β-unsaturated/α-hetero) is 1. The monoisotopic (exact) mass is 439 g/mol. The molecule has 1 rings (SSSR count). The summed E-state index contributed by atoms with van der Waals surface area (Å²) in [5, 5.41) is 3.39. The van der Waals surface area contributed by atoms with Crippen molar-refractivity contribution in [2.75, 3.05) is 33.0 Å². The van der Waals surface area contributed by atoms with Gasteiger partial charge in [-0.05, 0) is 53.1 Å². The van der Waals surface area contributed by atoms with Gasteiger partial charge in [0.15, 0.2) is 0 Å². The standard InChI is InChI=1S/C22H37NO6Si/c1-6-26-22(25)20(18(5)24)21(19-14-11-10-12-15-19)23-16-13-17-30(27-7-2,28-8-3)29-9-4/h10-12,14-15,20-21,23H,6-9,13,16-17H2,1-5H3. The van der Waals surface area contributed by atoms with E-state index in [0.29, 0.717) is 32.4 Å². The van der Waals surface area contributed by atoms with Gasteiger partial charge in [0.2, 0.25) is 0 Å². The van der Waals surface area contributed by atoms with Crippen LogP contribution in [0.5, 0.6) is 0 Å². The molecule has 0 heterocycles. The normalized spacial score (nSPS) is 13.6. The van der Waals surface area contributed by atoms with Crippen molar-refractivity contribution in [2.45, 2.75) is 53.1 Å². The molecule has 0 aromatic heterocycles. The predicted molar refractivity (Wildman–Crippen MR) is 118 cm³/mol. The quantitative estimate of drug-likeness (QED) is 0.183. The summed E-state index contributed by atoms with van der Waals surface area (Å²) in [6.07, 6.45) is 0.725. The van der Waals surface area contributed by atoms with Crippen molar-refractivity contribution in [3.8, 4) is 0 Å². The Morgan fingerprint density at radius 3 is 1.97 bits per heavy atom. The third-order valence-corrected chi connectivity index (χ3v) is 7.74. The van der Waals surface area contributed by atoms with E-state index in [1.165, 1.54) is 6.92 Å². The predicted octanol–water partition coefficient (Wildman–Crippen LogP) is 3.52. The van der Waals surface area contributed by atoms with Crippen LogP contribution in [0.15, 0.2) is 30.3 Å². The van der Waals surface area contributed by atoms with Gasteiger partial charge >= 0.3 is 14.8 Å². The lowest BCUT2D eigenvalue weighted by atomic mass is 9.90. The molecule has 8 heteroatoms. The maximum Gasteiger partial charge on any atom is 0.500 e. The maximum absolute atomic E-state index is 12.5. The van der Waals surface area contributed by atoms with Crippen LogP contribution in [-0.4, -0.2) is 53.5 Å². The first-order chi connectivity index (χ1) is 14.4. The summed E-state index contributed by atoms with van der Waals surface area (Å²) in [4.78, 5) is 24.8. The third kappa shape index (κ3) is 8.27. The number of nitrogens with one attached hydrogen (secondary N) is 1. The number of hydrogen-bond donors (Lipinski definition) is 1. The zero-order valence-electron chi connectivity index (χ0n) is 18.9. The Balaban J connectivity index is 2.92. The molecule has 0 saturated carbocycles. The van der Waals surface area contributed by atoms with E-state index in [1.54, 1.807) is 6.92 Å². The van der Waals surface area contributed by atoms with Gasteiger partial charge in [-0.25, -0.2) is 0 Å². The fourth-order valence-corrected chi connectivity index (χ4v) is 6.03. The molecule has 0 radical (unpaired) electrons. The van der Waals surface area contributed by atoms with E-state index in [0.717, 1.165) is 12.0 Å². The molecule has 1 aromatic rings. The van der Waals surface area contributed by atoms with E-state index in [1.807, 2.05) is 51.1 Å². The molecule has 7 nitrogen and oxygen atoms in total. The number of carbonyl (C=O) groups is 2. The lowest BCUT2D eigenvalue weighted by Gasteiger charge is -2.29. The summed E-state index contributed by atoms with van der Waals surface area (Å²) in [5.74, 6) is -1.63. The van der Waals surface area contributed by atoms with Gasteiger partial charge in [-0.1, -0.05) is 30.3 Å². The first kappa shape index (κ1) is 26.5. The first-order valence-electron chi connectivity index (χ1n) is 10.8. The molecule has 0 fully saturated rings. The minimum atomic E-state index is -2.73. The topological polar surface area (TPSA) is 83.1 Å². The molecule has 1 N–H and O–H groups in total. The second kappa shape index (κ2) is 14.4. The van der Waals surface area contributed by atoms with E-state index in [2.05, 4.69) is 5.32 Å². The maximum atomic E-state index is 12.5. The second-order valence-corrected chi connectivity index (χ2v) is 9.50. The van der Waals surface area contributed by atoms with Crippen molar-refractivity contribution >= 4 is 20.6 Å². The summed E-state index contributed by atoms with van der Waals surface area (Å²) in [7, 11) is -2.73. The van der Waals surface area contributed by atoms with Gasteiger partial charge in [-0.3, -0.25) is 9.59 Å². The minimum absolute atomic E-state index is 0.225. The number of esters is 1. The van der Waals surface area contributed by atoms with Crippen LogP contribution >= 0.6 is 0 Å². The average Bonchev–Trinajstić information content (AvgIpc) is 2.71. The van der Waals surface area contributed by atoms with Crippen molar-refractivity contribution < 1.29 is 27.6 Å². The van der Waals surface area contributed by atoms with Crippen molar-refractivity contribution in [3.63, 3.8) is 0 Å². The van der Waals surface area contributed by atoms with Gasteiger partial charge in [0.25, 0.3) is 0 Å². The third-order valence-electron chi connectivity index (χ3n) is 4.59. The largest absolute Gasteiger partial charge is 0.500 e. The molecule has 0 bridgehead atoms. The van der Waals surface area contributed by atoms with Gasteiger partial charge in [0, 0.05) is 25.9 Å². The van der Waals surface area contributed by atoms with Crippen LogP contribution in [0.3, 0.4) is 0 Å². The molecule has 0 amide bonds. The minimum Gasteiger partial charge on any atom is -0.465 e. The summed E-state index contributed by atoms with van der Waals surface area (Å²) in [6.45, 7) is 11.3. The van der Waals surface area contributed by atoms with Gasteiger partial charge in [0.05, 0.1) is 12.6 Å². The van der Waals surface area contributed by atoms with E-state index < -0.39 is 26.7 Å². The lowest BCUT2D eigenvalue weighted by Crippen LogP contribution is -2.46. The Labute approximate surface area is 181 Å². The highest BCUT2D eigenvalue weighted by molar-refractivity contribution is 6.60. The highest BCUT2D eigenvalue weighted by Crippen LogP contribution is 2.25. The molecule has 0 saturated heterocycles. The zero-order valence-corrected chi connectivity index (χ0v) is 19.9. The Bertz CT molecular complexity index is 610. The van der Waals surface area contributed by atoms with Gasteiger partial charge in [-0.15, -0.1) is 0 Å². The SMILES string of the molecule is CCOC(=O)C(C(C)=O)C(NCCC[Si](OCC)(OCC)OCC)c1ccccc1. The summed E-state index contributed by atoms with van der Waals surface area (Å²) >= 11 is 0. The van der Waals surface area contributed by atoms with E-state index in [-0.39, 0.29) is 12.4 Å². The molecular weight excluding hydrogens is 402 g/mol. The fourth-order valence-electron chi connectivity index (χ4n) is 3.42. The highest BCUT2D eigenvalue weighted by atomic mass is 28.4. The molecule has 1 aromatic carbocycles. The first-order valence-corrected chi connectivity index (χ1v) is 12.7. The number of ether oxygens (including phenoxy) is 1. The number of benzene rings is 1. The van der Waals surface area contributed by atoms with E-state index in [9.17, 15) is 9.59 Å². The molecule has 170 valence electrons. The molecule has 0 aliphatic heterocycles. The molecule has 2 atom stereocenters. The van der Waals surface area contributed by atoms with Crippen molar-refractivity contribution in [1.82, 2.24) is 5.32 Å². The second-order valence-electron chi connectivity index (χ2n) is 6.77. The van der Waals surface area contributed by atoms with E-state index in [4.69, 9.17) is 18.0 Å². The van der Waals surface area contributed by atoms with Gasteiger partial charge in [0.1, 0.15) is 11.7 Å². The van der Waals surface area contributed by atoms with E-state index >= 15 is 0 Å². The van der Waals surface area contributed by atoms with Crippen LogP contribution in [0.4, 0.5) is 0 Å². The van der Waals surface area contributed by atoms with Crippen LogP contribution in [0, 0.1) is 5.92 Å². The molecule has 2 unspecified atom stereocenters. The zero-order chi connectivity index (χ0) is 22.4. The highest BCUT2D eigenvalue weighted by Gasteiger charge is 2.40. The Morgan fingerprint density at radius 1 is 0.933 bits per heavy atom. The average molecular weight is 440 g/mol. The van der Waals surface area contributed by atoms with Crippen LogP contribution in [-0.2, 0) is 27.6 Å². The number of rotatable bonds is 16. The van der Waals surface area contributed by atoms with Crippen molar-refractivity contribution in [2.24, 2.45) is 5.92 Å². The van der Waals surface area contributed by atoms with Gasteiger partial charge < -0.3 is 23.3 Å².